The lowest BCUT2D eigenvalue weighted by molar-refractivity contribution is -0.118. The molecule has 0 atom stereocenters. The van der Waals surface area contributed by atoms with E-state index in [2.05, 4.69) is 115 Å². The fraction of sp³-hybridized carbons (Fsp3) is 0.547. The van der Waals surface area contributed by atoms with Crippen LogP contribution in [0.3, 0.4) is 0 Å². The highest BCUT2D eigenvalue weighted by Gasteiger charge is 2.23. The summed E-state index contributed by atoms with van der Waals surface area (Å²) < 4.78 is 0. The molecule has 8 N–H and O–H groups in total. The zero-order chi connectivity index (χ0) is 50.6. The Morgan fingerprint density at radius 1 is 0.729 bits per heavy atom. The third-order valence-corrected chi connectivity index (χ3v) is 12.2. The minimum Gasteiger partial charge on any atom is -0.368 e. The Kier molecular flexibility index (Phi) is 21.9. The molecular formula is C53H78ClN13O3. The number of anilines is 3. The van der Waals surface area contributed by atoms with Crippen LogP contribution in [-0.4, -0.2) is 106 Å². The number of nitrogens with zero attached hydrogens (tertiary/aromatic N) is 5. The molecule has 2 aromatic heterocycles. The van der Waals surface area contributed by atoms with Crippen LogP contribution in [0.25, 0.3) is 0 Å². The molecule has 1 aromatic carbocycles. The van der Waals surface area contributed by atoms with Gasteiger partial charge in [-0.15, -0.1) is 0 Å². The summed E-state index contributed by atoms with van der Waals surface area (Å²) in [5.74, 6) is 5.18. The molecule has 5 heterocycles. The minimum atomic E-state index is -0.119. The number of amides is 1. The summed E-state index contributed by atoms with van der Waals surface area (Å²) >= 11 is 6.03. The van der Waals surface area contributed by atoms with Gasteiger partial charge in [0.05, 0.1) is 25.3 Å². The van der Waals surface area contributed by atoms with Crippen LogP contribution in [0.4, 0.5) is 17.5 Å². The number of nitrogens with one attached hydrogen (secondary N) is 8. The molecular weight excluding hydrogens is 902 g/mol. The van der Waals surface area contributed by atoms with Gasteiger partial charge < -0.3 is 31.9 Å². The van der Waals surface area contributed by atoms with E-state index in [0.29, 0.717) is 71.6 Å². The van der Waals surface area contributed by atoms with Crippen molar-refractivity contribution in [3.63, 3.8) is 0 Å². The second-order valence-corrected chi connectivity index (χ2v) is 20.1. The smallest absolute Gasteiger partial charge is 0.249 e. The molecule has 0 spiro atoms. The van der Waals surface area contributed by atoms with E-state index < -0.39 is 0 Å². The fourth-order valence-electron chi connectivity index (χ4n) is 7.93. The number of allylic oxidation sites excluding steroid dienone is 1. The highest BCUT2D eigenvalue weighted by Crippen LogP contribution is 2.31. The quantitative estimate of drug-likeness (QED) is 0.0599. The van der Waals surface area contributed by atoms with Crippen molar-refractivity contribution in [1.29, 1.82) is 0 Å². The van der Waals surface area contributed by atoms with Gasteiger partial charge in [0, 0.05) is 83.1 Å². The number of carbonyl (C=O) groups excluding carboxylic acids is 3. The zero-order valence-corrected chi connectivity index (χ0v) is 43.7. The van der Waals surface area contributed by atoms with Gasteiger partial charge in [0.15, 0.2) is 5.78 Å². The molecule has 2 aliphatic carbocycles. The lowest BCUT2D eigenvalue weighted by Gasteiger charge is -2.24. The number of hydrogen-bond donors (Lipinski definition) is 8. The number of Topliss-reactive ketones (excluding diaryl/α,β-unsaturated/α-hetero) is 1. The molecule has 70 heavy (non-hydrogen) atoms. The molecule has 16 nitrogen and oxygen atoms in total. The number of aliphatic imine (C=N–C) groups is 3. The standard InChI is InChI=1S/C14H16ClN3O.C14H23N3O.C14H22N2O.C11H17N5/c1-8(2)16-13-7-12(17-18-13)14(19)10-5-4-9(3)11(15)6-10;1-10(2)16-13-8-11(9-15-13)14(18)17-12-6-4-3-5-7-12;1-10(2)16-14-8-12(9-15-14)13(17)7-6-11-4-3-5-11;1-8(2)14-11-6-10(15-16-11)13-7-9-4-3-5-12-9/h4-8H,1-3H3,(H2,16,17,18);8,10,12H,3-7,9H2,1-2H3,(H,15,16)(H,17,18);8,10-11H,3-7,9H2,1-2H3,(H,15,16);4-6,8H,3,7H2,1-2H3,(H3,13,14,15,16). The number of rotatable bonds is 17. The maximum Gasteiger partial charge on any atom is 0.249 e. The second kappa shape index (κ2) is 28.0. The first-order valence-electron chi connectivity index (χ1n) is 25.3. The van der Waals surface area contributed by atoms with Crippen molar-refractivity contribution in [3.8, 4) is 0 Å². The number of benzene rings is 1. The van der Waals surface area contributed by atoms with Crippen LogP contribution >= 0.6 is 11.6 Å². The van der Waals surface area contributed by atoms with E-state index in [1.807, 2.05) is 51.3 Å². The Bertz CT molecular complexity index is 2380. The molecule has 380 valence electrons. The predicted octanol–water partition coefficient (Wildman–Crippen LogP) is 9.67. The lowest BCUT2D eigenvalue weighted by atomic mass is 9.81. The van der Waals surface area contributed by atoms with Gasteiger partial charge in [-0.3, -0.25) is 39.6 Å². The Balaban J connectivity index is 0.000000174. The Morgan fingerprint density at radius 3 is 1.97 bits per heavy atom. The average Bonchev–Trinajstić information content (AvgIpc) is 4.16. The molecule has 0 unspecified atom stereocenters. The van der Waals surface area contributed by atoms with Gasteiger partial charge in [0.2, 0.25) is 11.7 Å². The first kappa shape index (κ1) is 54.9. The normalized spacial score (nSPS) is 16.3. The van der Waals surface area contributed by atoms with E-state index in [1.165, 1.54) is 38.5 Å². The topological polar surface area (TPSA) is 218 Å². The van der Waals surface area contributed by atoms with Gasteiger partial charge in [-0.25, -0.2) is 0 Å². The lowest BCUT2D eigenvalue weighted by Crippen LogP contribution is -2.37. The van der Waals surface area contributed by atoms with Gasteiger partial charge in [-0.1, -0.05) is 68.3 Å². The summed E-state index contributed by atoms with van der Waals surface area (Å²) in [7, 11) is 0. The number of halogens is 1. The largest absolute Gasteiger partial charge is 0.368 e. The van der Waals surface area contributed by atoms with Crippen molar-refractivity contribution in [1.82, 2.24) is 36.3 Å². The predicted molar refractivity (Wildman–Crippen MR) is 288 cm³/mol. The maximum atomic E-state index is 12.3. The Hall–Kier alpha value is -6.03. The van der Waals surface area contributed by atoms with Crippen molar-refractivity contribution in [2.24, 2.45) is 20.9 Å². The monoisotopic (exact) mass is 980 g/mol. The summed E-state index contributed by atoms with van der Waals surface area (Å²) in [4.78, 5) is 49.1. The van der Waals surface area contributed by atoms with Gasteiger partial charge in [0.25, 0.3) is 0 Å². The molecule has 0 saturated heterocycles. The Morgan fingerprint density at radius 2 is 1.37 bits per heavy atom. The van der Waals surface area contributed by atoms with Crippen molar-refractivity contribution >= 4 is 64.4 Å². The van der Waals surface area contributed by atoms with Crippen LogP contribution in [0.15, 0.2) is 80.4 Å². The number of ketones is 2. The van der Waals surface area contributed by atoms with E-state index >= 15 is 0 Å². The highest BCUT2D eigenvalue weighted by atomic mass is 35.5. The molecule has 8 rings (SSSR count). The number of hydrogen-bond acceptors (Lipinski definition) is 13. The number of aryl methyl sites for hydroxylation is 1. The maximum absolute atomic E-state index is 12.3. The molecule has 3 aliphatic heterocycles. The molecule has 0 bridgehead atoms. The van der Waals surface area contributed by atoms with Crippen LogP contribution in [0, 0.1) is 12.8 Å². The van der Waals surface area contributed by atoms with Crippen molar-refractivity contribution in [2.75, 3.05) is 35.6 Å². The molecule has 1 amide bonds. The number of H-pyrrole nitrogens is 2. The van der Waals surface area contributed by atoms with Gasteiger partial charge in [-0.2, -0.15) is 10.2 Å². The van der Waals surface area contributed by atoms with Crippen molar-refractivity contribution in [3.05, 3.63) is 87.2 Å². The first-order chi connectivity index (χ1) is 33.5. The molecule has 5 aliphatic rings. The van der Waals surface area contributed by atoms with Crippen LogP contribution < -0.4 is 31.9 Å². The third kappa shape index (κ3) is 19.0. The number of aromatic amines is 2. The number of carbonyl (C=O) groups is 3. The third-order valence-electron chi connectivity index (χ3n) is 11.8. The zero-order valence-electron chi connectivity index (χ0n) is 42.9. The molecule has 2 saturated carbocycles. The highest BCUT2D eigenvalue weighted by molar-refractivity contribution is 6.31. The van der Waals surface area contributed by atoms with Crippen LogP contribution in [0.1, 0.15) is 148 Å². The summed E-state index contributed by atoms with van der Waals surface area (Å²) in [6.07, 6.45) is 20.6. The van der Waals surface area contributed by atoms with E-state index in [9.17, 15) is 14.4 Å². The van der Waals surface area contributed by atoms with Crippen molar-refractivity contribution < 1.29 is 14.4 Å². The van der Waals surface area contributed by atoms with E-state index in [-0.39, 0.29) is 17.7 Å². The van der Waals surface area contributed by atoms with E-state index in [4.69, 9.17) is 11.6 Å². The average molecular weight is 981 g/mol. The molecule has 3 aromatic rings. The molecule has 17 heteroatoms. The molecule has 0 radical (unpaired) electrons. The summed E-state index contributed by atoms with van der Waals surface area (Å²) in [5.41, 5.74) is 4.68. The summed E-state index contributed by atoms with van der Waals surface area (Å²) in [6, 6.07) is 10.7. The van der Waals surface area contributed by atoms with Gasteiger partial charge in [-0.05, 0) is 111 Å². The van der Waals surface area contributed by atoms with E-state index in [0.717, 1.165) is 83.9 Å². The summed E-state index contributed by atoms with van der Waals surface area (Å²) in [5, 5.41) is 33.6. The van der Waals surface area contributed by atoms with Crippen LogP contribution in [0.5, 0.6) is 0 Å². The molecule has 2 fully saturated rings. The van der Waals surface area contributed by atoms with Crippen LogP contribution in [-0.2, 0) is 9.59 Å². The van der Waals surface area contributed by atoms with Crippen LogP contribution in [0.2, 0.25) is 5.02 Å². The van der Waals surface area contributed by atoms with E-state index in [1.54, 1.807) is 18.2 Å². The number of amidine groups is 2. The fourth-order valence-corrected chi connectivity index (χ4v) is 8.11. The Labute approximate surface area is 420 Å². The first-order valence-corrected chi connectivity index (χ1v) is 25.7. The minimum absolute atomic E-state index is 0.0613. The van der Waals surface area contributed by atoms with Gasteiger partial charge >= 0.3 is 0 Å². The SMILES string of the molecule is CC(C)NC1=NCC(C(=O)CCC2CCC2)=C1.CC(C)NC1=NCC(C(=O)NC2CCCCC2)=C1.CC(C)Nc1cc(NCC2=CCC=N2)n[nH]1.Cc1ccc(C(=O)c2cc(NC(C)C)n[nH]2)cc1Cl. The van der Waals surface area contributed by atoms with Gasteiger partial charge in [0.1, 0.15) is 34.8 Å². The van der Waals surface area contributed by atoms with Crippen molar-refractivity contribution in [2.45, 2.75) is 163 Å². The number of aromatic nitrogens is 4. The second-order valence-electron chi connectivity index (χ2n) is 19.7. The summed E-state index contributed by atoms with van der Waals surface area (Å²) in [6.45, 7) is 20.2.